The Morgan fingerprint density at radius 1 is 0.692 bits per heavy atom. The molecule has 0 radical (unpaired) electrons. The smallest absolute Gasteiger partial charge is 0.185 e. The van der Waals surface area contributed by atoms with Crippen molar-refractivity contribution in [2.24, 2.45) is 5.92 Å². The summed E-state index contributed by atoms with van der Waals surface area (Å²) in [4.78, 5) is 16.6. The van der Waals surface area contributed by atoms with Gasteiger partial charge in [-0.15, -0.1) is 0 Å². The Morgan fingerprint density at radius 3 is 1.90 bits per heavy atom. The lowest BCUT2D eigenvalue weighted by Crippen LogP contribution is -2.37. The van der Waals surface area contributed by atoms with Crippen LogP contribution in [0, 0.1) is 28.6 Å². The molecular formula is C35H25N3O. The van der Waals surface area contributed by atoms with Gasteiger partial charge in [0.15, 0.2) is 5.78 Å². The van der Waals surface area contributed by atoms with E-state index in [1.54, 1.807) is 0 Å². The van der Waals surface area contributed by atoms with Crippen molar-refractivity contribution in [3.05, 3.63) is 155 Å². The number of Topliss-reactive ketones (excluding diaryl/α,β-unsaturated/α-hetero) is 1. The van der Waals surface area contributed by atoms with Gasteiger partial charge in [0.25, 0.3) is 0 Å². The molecule has 4 heteroatoms. The fourth-order valence-electron chi connectivity index (χ4n) is 6.32. The number of carbonyl (C=O) groups is 1. The number of fused-ring (bicyclic) bond motifs is 3. The second kappa shape index (κ2) is 10.3. The van der Waals surface area contributed by atoms with Crippen LogP contribution in [0.2, 0.25) is 0 Å². The van der Waals surface area contributed by atoms with Crippen LogP contribution in [0.3, 0.4) is 0 Å². The number of nitriles is 2. The molecule has 2 heterocycles. The van der Waals surface area contributed by atoms with E-state index in [4.69, 9.17) is 0 Å². The van der Waals surface area contributed by atoms with Crippen molar-refractivity contribution in [3.8, 4) is 12.1 Å². The van der Waals surface area contributed by atoms with E-state index < -0.39 is 6.04 Å². The van der Waals surface area contributed by atoms with Crippen molar-refractivity contribution >= 4 is 17.4 Å². The second-order valence-electron chi connectivity index (χ2n) is 9.85. The Hall–Kier alpha value is -5.19. The van der Waals surface area contributed by atoms with E-state index in [0.717, 1.165) is 22.3 Å². The van der Waals surface area contributed by atoms with Gasteiger partial charge < -0.3 is 4.90 Å². The Kier molecular flexibility index (Phi) is 6.37. The van der Waals surface area contributed by atoms with Crippen LogP contribution in [0.25, 0.3) is 11.6 Å². The van der Waals surface area contributed by atoms with Crippen LogP contribution in [0.5, 0.6) is 0 Å². The number of allylic oxidation sites excluding steroid dienone is 1. The summed E-state index contributed by atoms with van der Waals surface area (Å²) in [5.41, 5.74) is 5.37. The van der Waals surface area contributed by atoms with Gasteiger partial charge in [0.2, 0.25) is 0 Å². The minimum atomic E-state index is -0.535. The molecule has 0 saturated carbocycles. The minimum absolute atomic E-state index is 0.0175. The van der Waals surface area contributed by atoms with Gasteiger partial charge in [-0.2, -0.15) is 10.5 Å². The maximum atomic E-state index is 14.4. The van der Waals surface area contributed by atoms with Crippen molar-refractivity contribution < 1.29 is 4.79 Å². The molecule has 0 unspecified atom stereocenters. The molecular weight excluding hydrogens is 478 g/mol. The van der Waals surface area contributed by atoms with Crippen LogP contribution in [-0.2, 0) is 0 Å². The van der Waals surface area contributed by atoms with Crippen LogP contribution >= 0.6 is 0 Å². The van der Waals surface area contributed by atoms with E-state index in [1.165, 1.54) is 0 Å². The largest absolute Gasteiger partial charge is 0.359 e. The van der Waals surface area contributed by atoms with E-state index in [0.29, 0.717) is 11.1 Å². The van der Waals surface area contributed by atoms with Gasteiger partial charge >= 0.3 is 0 Å². The standard InChI is InChI=1S/C35H25N3O/c36-22-28(23-37)30(25-13-4-1-5-14-25)32-31(26-15-6-2-7-16-26)34(35(39)27-17-8-3-9-18-27)38-21-20-24-12-10-11-19-29(24)33(32)38/h1-21,31-34H/t31-,32-,33-,34-/m0/s1. The fourth-order valence-corrected chi connectivity index (χ4v) is 6.32. The zero-order valence-corrected chi connectivity index (χ0v) is 21.2. The Bertz CT molecular complexity index is 1640. The molecule has 2 aliphatic rings. The normalized spacial score (nSPS) is 20.7. The van der Waals surface area contributed by atoms with Gasteiger partial charge in [0, 0.05) is 23.6 Å². The number of hydrogen-bond donors (Lipinski definition) is 0. The zero-order chi connectivity index (χ0) is 26.8. The first-order valence-corrected chi connectivity index (χ1v) is 13.0. The summed E-state index contributed by atoms with van der Waals surface area (Å²) in [7, 11) is 0. The molecule has 2 aliphatic heterocycles. The third kappa shape index (κ3) is 4.13. The highest BCUT2D eigenvalue weighted by atomic mass is 16.1. The molecule has 0 spiro atoms. The topological polar surface area (TPSA) is 67.9 Å². The number of hydrogen-bond acceptors (Lipinski definition) is 4. The summed E-state index contributed by atoms with van der Waals surface area (Å²) in [6.07, 6.45) is 4.08. The SMILES string of the molecule is N#CC(C#N)=C(c1ccccc1)[C@H]1[C@H](c2ccccc2)[C@@H](C(=O)c2ccccc2)N2C=Cc3ccccc3[C@@H]12. The molecule has 4 aromatic carbocycles. The summed E-state index contributed by atoms with van der Waals surface area (Å²) in [6, 6.07) is 40.9. The fraction of sp³-hybridized carbons (Fsp3) is 0.114. The van der Waals surface area contributed by atoms with E-state index in [2.05, 4.69) is 47.4 Å². The molecule has 39 heavy (non-hydrogen) atoms. The number of benzene rings is 4. The predicted molar refractivity (Wildman–Crippen MR) is 152 cm³/mol. The van der Waals surface area contributed by atoms with Crippen molar-refractivity contribution in [3.63, 3.8) is 0 Å². The van der Waals surface area contributed by atoms with Crippen LogP contribution in [-0.4, -0.2) is 16.7 Å². The quantitative estimate of drug-likeness (QED) is 0.214. The molecule has 0 N–H and O–H groups in total. The van der Waals surface area contributed by atoms with Gasteiger partial charge in [0.1, 0.15) is 17.7 Å². The predicted octanol–water partition coefficient (Wildman–Crippen LogP) is 7.18. The van der Waals surface area contributed by atoms with Crippen LogP contribution in [0.1, 0.15) is 44.6 Å². The van der Waals surface area contributed by atoms with E-state index in [1.807, 2.05) is 97.2 Å². The summed E-state index contributed by atoms with van der Waals surface area (Å²) in [5, 5.41) is 20.4. The maximum absolute atomic E-state index is 14.4. The molecule has 0 aliphatic carbocycles. The lowest BCUT2D eigenvalue weighted by molar-refractivity contribution is 0.0874. The molecule has 4 aromatic rings. The monoisotopic (exact) mass is 503 g/mol. The number of rotatable bonds is 5. The van der Waals surface area contributed by atoms with Gasteiger partial charge in [-0.05, 0) is 33.9 Å². The lowest BCUT2D eigenvalue weighted by Gasteiger charge is -2.35. The van der Waals surface area contributed by atoms with Gasteiger partial charge in [-0.25, -0.2) is 0 Å². The average Bonchev–Trinajstić information content (AvgIpc) is 3.36. The van der Waals surface area contributed by atoms with Crippen molar-refractivity contribution in [1.29, 1.82) is 10.5 Å². The van der Waals surface area contributed by atoms with Crippen molar-refractivity contribution in [2.75, 3.05) is 0 Å². The highest BCUT2D eigenvalue weighted by Gasteiger charge is 2.54. The van der Waals surface area contributed by atoms with E-state index in [-0.39, 0.29) is 29.2 Å². The van der Waals surface area contributed by atoms with Crippen molar-refractivity contribution in [1.82, 2.24) is 4.90 Å². The molecule has 4 atom stereocenters. The average molecular weight is 504 g/mol. The number of nitrogens with zero attached hydrogens (tertiary/aromatic N) is 3. The maximum Gasteiger partial charge on any atom is 0.185 e. The molecule has 4 nitrogen and oxygen atoms in total. The summed E-state index contributed by atoms with van der Waals surface area (Å²) in [6.45, 7) is 0. The molecule has 1 saturated heterocycles. The Labute approximate surface area is 228 Å². The molecule has 6 rings (SSSR count). The van der Waals surface area contributed by atoms with Gasteiger partial charge in [-0.1, -0.05) is 115 Å². The third-order valence-electron chi connectivity index (χ3n) is 7.87. The molecule has 0 bridgehead atoms. The molecule has 1 fully saturated rings. The molecule has 0 amide bonds. The lowest BCUT2D eigenvalue weighted by atomic mass is 9.71. The highest BCUT2D eigenvalue weighted by molar-refractivity contribution is 6.02. The highest BCUT2D eigenvalue weighted by Crippen LogP contribution is 2.58. The minimum Gasteiger partial charge on any atom is -0.359 e. The van der Waals surface area contributed by atoms with E-state index >= 15 is 0 Å². The van der Waals surface area contributed by atoms with Crippen molar-refractivity contribution in [2.45, 2.75) is 18.0 Å². The van der Waals surface area contributed by atoms with Gasteiger partial charge in [0.05, 0.1) is 12.1 Å². The molecule has 0 aromatic heterocycles. The number of ketones is 1. The molecule has 186 valence electrons. The van der Waals surface area contributed by atoms with Crippen LogP contribution < -0.4 is 0 Å². The number of carbonyl (C=O) groups excluding carboxylic acids is 1. The first-order chi connectivity index (χ1) is 19.2. The summed E-state index contributed by atoms with van der Waals surface area (Å²) >= 11 is 0. The summed E-state index contributed by atoms with van der Waals surface area (Å²) in [5.74, 6) is -0.636. The first kappa shape index (κ1) is 24.2. The van der Waals surface area contributed by atoms with Crippen LogP contribution in [0.15, 0.2) is 127 Å². The zero-order valence-electron chi connectivity index (χ0n) is 21.2. The second-order valence-corrected chi connectivity index (χ2v) is 9.85. The Balaban J connectivity index is 1.67. The van der Waals surface area contributed by atoms with Gasteiger partial charge in [-0.3, -0.25) is 4.79 Å². The van der Waals surface area contributed by atoms with E-state index in [9.17, 15) is 15.3 Å². The van der Waals surface area contributed by atoms with Crippen LogP contribution in [0.4, 0.5) is 0 Å². The third-order valence-corrected chi connectivity index (χ3v) is 7.87. The summed E-state index contributed by atoms with van der Waals surface area (Å²) < 4.78 is 0. The Morgan fingerprint density at radius 2 is 1.26 bits per heavy atom. The first-order valence-electron chi connectivity index (χ1n) is 13.0.